The van der Waals surface area contributed by atoms with E-state index in [4.69, 9.17) is 9.47 Å². The number of carbonyl (C=O) groups excluding carboxylic acids is 2. The minimum atomic E-state index is -4.57. The zero-order valence-corrected chi connectivity index (χ0v) is 24.0. The zero-order valence-electron chi connectivity index (χ0n) is 24.0. The van der Waals surface area contributed by atoms with Gasteiger partial charge in [0.2, 0.25) is 5.67 Å². The quantitative estimate of drug-likeness (QED) is 0.376. The first-order valence-electron chi connectivity index (χ1n) is 14.3. The van der Waals surface area contributed by atoms with Crippen LogP contribution in [-0.4, -0.2) is 87.5 Å². The van der Waals surface area contributed by atoms with Crippen molar-refractivity contribution in [2.75, 3.05) is 65.0 Å². The van der Waals surface area contributed by atoms with E-state index in [1.807, 2.05) is 4.90 Å². The second-order valence-corrected chi connectivity index (χ2v) is 11.5. The van der Waals surface area contributed by atoms with Crippen molar-refractivity contribution in [1.82, 2.24) is 15.2 Å². The van der Waals surface area contributed by atoms with Crippen molar-refractivity contribution < 1.29 is 41.0 Å². The number of aromatic nitrogens is 1. The molecular formula is C30H35F5N4O4. The smallest absolute Gasteiger partial charge is 0.416 e. The number of hydrogen-bond acceptors (Lipinski definition) is 7. The van der Waals surface area contributed by atoms with Gasteiger partial charge in [-0.05, 0) is 42.7 Å². The molecular weight excluding hydrogens is 575 g/mol. The molecule has 4 atom stereocenters. The van der Waals surface area contributed by atoms with Gasteiger partial charge < -0.3 is 24.6 Å². The first-order valence-corrected chi connectivity index (χ1v) is 14.3. The zero-order chi connectivity index (χ0) is 30.9. The Hall–Kier alpha value is -3.32. The Labute approximate surface area is 246 Å². The number of pyridine rings is 1. The molecule has 0 radical (unpaired) electrons. The maximum absolute atomic E-state index is 16.5. The van der Waals surface area contributed by atoms with Crippen molar-refractivity contribution in [3.05, 3.63) is 59.2 Å². The van der Waals surface area contributed by atoms with Gasteiger partial charge in [-0.2, -0.15) is 13.2 Å². The lowest BCUT2D eigenvalue weighted by molar-refractivity contribution is -0.146. The van der Waals surface area contributed by atoms with E-state index in [1.165, 1.54) is 37.3 Å². The van der Waals surface area contributed by atoms with Crippen LogP contribution in [0.4, 0.5) is 27.6 Å². The number of nitrogens with zero attached hydrogens (tertiary/aromatic N) is 3. The number of halogens is 5. The Morgan fingerprint density at radius 2 is 1.86 bits per heavy atom. The van der Waals surface area contributed by atoms with E-state index in [0.717, 1.165) is 18.3 Å². The summed E-state index contributed by atoms with van der Waals surface area (Å²) in [5.41, 5.74) is -1.90. The number of anilines is 1. The third kappa shape index (κ3) is 6.19. The molecule has 4 heterocycles. The summed E-state index contributed by atoms with van der Waals surface area (Å²) in [5.74, 6) is -3.66. The van der Waals surface area contributed by atoms with Crippen LogP contribution in [0.15, 0.2) is 36.5 Å². The normalized spacial score (nSPS) is 26.6. The number of methoxy groups -OCH3 is 2. The SMILES string of the molecule is COC[C@H]1CN(C(=O)[C@]2(F)CNC[C@H]2c2ccc(F)cn2)C[C@@H]1c1ccc(C(F)(F)F)cc1N1CCC(C(=O)OC)CC1. The summed E-state index contributed by atoms with van der Waals surface area (Å²) in [5, 5.41) is 2.92. The molecule has 0 aliphatic carbocycles. The highest BCUT2D eigenvalue weighted by molar-refractivity contribution is 5.88. The van der Waals surface area contributed by atoms with E-state index >= 15 is 4.39 Å². The number of likely N-dealkylation sites (tertiary alicyclic amines) is 1. The molecule has 3 aliphatic rings. The highest BCUT2D eigenvalue weighted by Crippen LogP contribution is 2.44. The highest BCUT2D eigenvalue weighted by atomic mass is 19.4. The van der Waals surface area contributed by atoms with Crippen molar-refractivity contribution >= 4 is 17.6 Å². The summed E-state index contributed by atoms with van der Waals surface area (Å²) in [7, 11) is 2.81. The van der Waals surface area contributed by atoms with Crippen LogP contribution in [0.1, 0.15) is 41.5 Å². The van der Waals surface area contributed by atoms with Gasteiger partial charge >= 0.3 is 12.1 Å². The molecule has 0 bridgehead atoms. The van der Waals surface area contributed by atoms with Gasteiger partial charge in [-0.3, -0.25) is 14.6 Å². The number of piperidine rings is 1. The Morgan fingerprint density at radius 3 is 2.49 bits per heavy atom. The van der Waals surface area contributed by atoms with Crippen molar-refractivity contribution in [1.29, 1.82) is 0 Å². The van der Waals surface area contributed by atoms with E-state index in [0.29, 0.717) is 37.2 Å². The van der Waals surface area contributed by atoms with Crippen LogP contribution < -0.4 is 10.2 Å². The van der Waals surface area contributed by atoms with Crippen LogP contribution >= 0.6 is 0 Å². The van der Waals surface area contributed by atoms with Crippen LogP contribution in [0.25, 0.3) is 0 Å². The lowest BCUT2D eigenvalue weighted by Gasteiger charge is -2.35. The molecule has 1 N–H and O–H groups in total. The molecule has 2 aromatic rings. The monoisotopic (exact) mass is 610 g/mol. The summed E-state index contributed by atoms with van der Waals surface area (Å²) in [6, 6.07) is 6.14. The van der Waals surface area contributed by atoms with Gasteiger partial charge in [0.25, 0.3) is 5.91 Å². The average molecular weight is 611 g/mol. The standard InChI is InChI=1S/C30H35F5N4O4/c1-42-16-19-14-39(28(41)29(32)17-36-13-24(29)25-6-4-21(31)12-37-25)15-23(19)22-5-3-20(30(33,34)35)11-26(22)38-9-7-18(8-10-38)27(40)43-2/h3-6,11-12,18-19,23-24,36H,7-10,13-17H2,1-2H3/t19-,23+,24+,29+/m1/s1. The molecule has 3 aliphatic heterocycles. The Bertz CT molecular complexity index is 1320. The summed E-state index contributed by atoms with van der Waals surface area (Å²) in [4.78, 5) is 33.1. The van der Waals surface area contributed by atoms with Crippen molar-refractivity contribution in [3.63, 3.8) is 0 Å². The number of amides is 1. The molecule has 234 valence electrons. The van der Waals surface area contributed by atoms with E-state index in [1.54, 1.807) is 0 Å². The molecule has 0 spiro atoms. The van der Waals surface area contributed by atoms with Crippen LogP contribution in [0.3, 0.4) is 0 Å². The van der Waals surface area contributed by atoms with Gasteiger partial charge in [0.1, 0.15) is 5.82 Å². The minimum absolute atomic E-state index is 0.0824. The molecule has 1 aromatic heterocycles. The summed E-state index contributed by atoms with van der Waals surface area (Å²) < 4.78 is 81.7. The van der Waals surface area contributed by atoms with Crippen LogP contribution in [0.2, 0.25) is 0 Å². The topological polar surface area (TPSA) is 84.0 Å². The van der Waals surface area contributed by atoms with Gasteiger partial charge in [-0.15, -0.1) is 0 Å². The molecule has 8 nitrogen and oxygen atoms in total. The maximum atomic E-state index is 16.5. The molecule has 0 unspecified atom stereocenters. The number of nitrogens with one attached hydrogen (secondary N) is 1. The molecule has 13 heteroatoms. The maximum Gasteiger partial charge on any atom is 0.416 e. The van der Waals surface area contributed by atoms with E-state index in [-0.39, 0.29) is 56.3 Å². The van der Waals surface area contributed by atoms with Crippen LogP contribution in [0, 0.1) is 17.7 Å². The van der Waals surface area contributed by atoms with E-state index < -0.39 is 41.0 Å². The van der Waals surface area contributed by atoms with Crippen LogP contribution in [-0.2, 0) is 25.2 Å². The highest BCUT2D eigenvalue weighted by Gasteiger charge is 2.55. The molecule has 43 heavy (non-hydrogen) atoms. The molecule has 3 saturated heterocycles. The first kappa shape index (κ1) is 31.1. The first-order chi connectivity index (χ1) is 20.5. The number of hydrogen-bond donors (Lipinski definition) is 1. The fourth-order valence-electron chi connectivity index (χ4n) is 6.71. The Morgan fingerprint density at radius 1 is 1.12 bits per heavy atom. The number of carbonyl (C=O) groups is 2. The van der Waals surface area contributed by atoms with Crippen molar-refractivity contribution in [2.24, 2.45) is 11.8 Å². The third-order valence-corrected chi connectivity index (χ3v) is 8.98. The van der Waals surface area contributed by atoms with E-state index in [9.17, 15) is 27.2 Å². The molecule has 3 fully saturated rings. The predicted octanol–water partition coefficient (Wildman–Crippen LogP) is 3.91. The molecule has 5 rings (SSSR count). The number of rotatable bonds is 7. The average Bonchev–Trinajstić information content (AvgIpc) is 3.60. The molecule has 0 saturated carbocycles. The van der Waals surface area contributed by atoms with Gasteiger partial charge in [0.15, 0.2) is 0 Å². The van der Waals surface area contributed by atoms with Crippen molar-refractivity contribution in [3.8, 4) is 0 Å². The predicted molar refractivity (Wildman–Crippen MR) is 147 cm³/mol. The summed E-state index contributed by atoms with van der Waals surface area (Å²) in [6.07, 6.45) is -2.73. The lowest BCUT2D eigenvalue weighted by atomic mass is 9.86. The van der Waals surface area contributed by atoms with E-state index in [2.05, 4.69) is 10.3 Å². The lowest BCUT2D eigenvalue weighted by Crippen LogP contribution is -2.49. The number of alkyl halides is 4. The largest absolute Gasteiger partial charge is 0.469 e. The summed E-state index contributed by atoms with van der Waals surface area (Å²) in [6.45, 7) is 1.04. The van der Waals surface area contributed by atoms with Crippen LogP contribution in [0.5, 0.6) is 0 Å². The second-order valence-electron chi connectivity index (χ2n) is 11.5. The van der Waals surface area contributed by atoms with Gasteiger partial charge in [-0.1, -0.05) is 6.07 Å². The van der Waals surface area contributed by atoms with Gasteiger partial charge in [-0.25, -0.2) is 8.78 Å². The Balaban J connectivity index is 1.44. The van der Waals surface area contributed by atoms with Gasteiger partial charge in [0, 0.05) is 69.6 Å². The minimum Gasteiger partial charge on any atom is -0.469 e. The number of benzene rings is 1. The fourth-order valence-corrected chi connectivity index (χ4v) is 6.71. The third-order valence-electron chi connectivity index (χ3n) is 8.98. The number of esters is 1. The molecule has 1 amide bonds. The summed E-state index contributed by atoms with van der Waals surface area (Å²) >= 11 is 0. The van der Waals surface area contributed by atoms with Crippen molar-refractivity contribution in [2.45, 2.75) is 36.5 Å². The Kier molecular flexibility index (Phi) is 8.94. The fraction of sp³-hybridized carbons (Fsp3) is 0.567. The van der Waals surface area contributed by atoms with Gasteiger partial charge in [0.05, 0.1) is 37.3 Å². The molecule has 1 aromatic carbocycles. The second kappa shape index (κ2) is 12.4. The number of ether oxygens (including phenoxy) is 2.